The summed E-state index contributed by atoms with van der Waals surface area (Å²) in [6.45, 7) is 0. The van der Waals surface area contributed by atoms with Gasteiger partial charge in [0.05, 0.1) is 22.1 Å². The van der Waals surface area contributed by atoms with Gasteiger partial charge in [0.1, 0.15) is 0 Å². The normalized spacial score (nSPS) is 12.3. The fourth-order valence-electron chi connectivity index (χ4n) is 10.9. The highest BCUT2D eigenvalue weighted by molar-refractivity contribution is 6.44. The number of aromatic nitrogens is 2. The first-order chi connectivity index (χ1) is 29.8. The summed E-state index contributed by atoms with van der Waals surface area (Å²) in [6.07, 6.45) is 0. The van der Waals surface area contributed by atoms with Crippen molar-refractivity contribution in [1.82, 2.24) is 9.13 Å². The molecule has 0 unspecified atom stereocenters. The predicted octanol–water partition coefficient (Wildman–Crippen LogP) is 16.0. The third kappa shape index (κ3) is 4.17. The van der Waals surface area contributed by atoms with Crippen LogP contribution in [0.3, 0.4) is 0 Å². The van der Waals surface area contributed by atoms with E-state index in [-0.39, 0.29) is 0 Å². The van der Waals surface area contributed by atoms with E-state index in [1.165, 1.54) is 119 Å². The smallest absolute Gasteiger partial charge is 0.0633 e. The summed E-state index contributed by atoms with van der Waals surface area (Å²) in [4.78, 5) is 0. The zero-order chi connectivity index (χ0) is 39.1. The van der Waals surface area contributed by atoms with E-state index in [2.05, 4.69) is 215 Å². The summed E-state index contributed by atoms with van der Waals surface area (Å²) >= 11 is 0. The van der Waals surface area contributed by atoms with Crippen LogP contribution in [0.1, 0.15) is 0 Å². The van der Waals surface area contributed by atoms with Crippen LogP contribution in [0.5, 0.6) is 0 Å². The SMILES string of the molecule is c1ccc2c(c1)ccc1cc(-n3c4ccccc4c4c5ccccc5c5c(c6ccccc6c6c7ccccc7n(-c7ccc8c(ccc9ccccc98)c7)c65)c43)ccc12. The molecule has 0 bridgehead atoms. The van der Waals surface area contributed by atoms with Gasteiger partial charge in [0.2, 0.25) is 0 Å². The van der Waals surface area contributed by atoms with Crippen LogP contribution in [-0.2, 0) is 0 Å². The molecule has 0 saturated heterocycles. The summed E-state index contributed by atoms with van der Waals surface area (Å²) in [5, 5.41) is 22.8. The first kappa shape index (κ1) is 32.1. The molecule has 0 atom stereocenters. The fourth-order valence-corrected chi connectivity index (χ4v) is 10.9. The van der Waals surface area contributed by atoms with E-state index < -0.39 is 0 Å². The number of para-hydroxylation sites is 2. The lowest BCUT2D eigenvalue weighted by molar-refractivity contribution is 1.19. The Labute approximate surface area is 344 Å². The lowest BCUT2D eigenvalue weighted by Gasteiger charge is -2.18. The number of benzene rings is 12. The van der Waals surface area contributed by atoms with Crippen molar-refractivity contribution in [2.24, 2.45) is 0 Å². The van der Waals surface area contributed by atoms with Crippen molar-refractivity contribution in [3.8, 4) is 11.4 Å². The zero-order valence-corrected chi connectivity index (χ0v) is 32.5. The second-order valence-electron chi connectivity index (χ2n) is 16.4. The summed E-state index contributed by atoms with van der Waals surface area (Å²) in [5.41, 5.74) is 7.21. The van der Waals surface area contributed by atoms with Crippen LogP contribution in [0.4, 0.5) is 0 Å². The molecule has 2 aromatic heterocycles. The van der Waals surface area contributed by atoms with Gasteiger partial charge in [-0.1, -0.05) is 170 Å². The molecule has 2 heterocycles. The van der Waals surface area contributed by atoms with Gasteiger partial charge in [-0.15, -0.1) is 0 Å². The minimum atomic E-state index is 1.16. The highest BCUT2D eigenvalue weighted by Crippen LogP contribution is 2.50. The van der Waals surface area contributed by atoms with Crippen molar-refractivity contribution in [2.75, 3.05) is 0 Å². The molecule has 0 aliphatic heterocycles. The lowest BCUT2D eigenvalue weighted by Crippen LogP contribution is -1.98. The Morgan fingerprint density at radius 3 is 0.967 bits per heavy atom. The Morgan fingerprint density at radius 1 is 0.217 bits per heavy atom. The topological polar surface area (TPSA) is 9.86 Å². The second kappa shape index (κ2) is 11.8. The molecule has 0 saturated carbocycles. The zero-order valence-electron chi connectivity index (χ0n) is 32.5. The van der Waals surface area contributed by atoms with Crippen LogP contribution in [0, 0.1) is 0 Å². The van der Waals surface area contributed by atoms with Gasteiger partial charge in [-0.2, -0.15) is 0 Å². The molecule has 60 heavy (non-hydrogen) atoms. The van der Waals surface area contributed by atoms with Crippen LogP contribution in [0.15, 0.2) is 206 Å². The summed E-state index contributed by atoms with van der Waals surface area (Å²) in [5.74, 6) is 0. The van der Waals surface area contributed by atoms with Gasteiger partial charge >= 0.3 is 0 Å². The van der Waals surface area contributed by atoms with E-state index >= 15 is 0 Å². The molecule has 14 aromatic rings. The molecule has 0 N–H and O–H groups in total. The molecule has 0 aliphatic carbocycles. The maximum absolute atomic E-state index is 2.56. The average Bonchev–Trinajstić information content (AvgIpc) is 3.85. The van der Waals surface area contributed by atoms with Crippen molar-refractivity contribution in [2.45, 2.75) is 0 Å². The molecule has 0 spiro atoms. The van der Waals surface area contributed by atoms with E-state index in [1.54, 1.807) is 0 Å². The first-order valence-corrected chi connectivity index (χ1v) is 20.9. The van der Waals surface area contributed by atoms with E-state index in [4.69, 9.17) is 0 Å². The number of hydrogen-bond donors (Lipinski definition) is 0. The maximum atomic E-state index is 2.56. The predicted molar refractivity (Wildman–Crippen MR) is 258 cm³/mol. The summed E-state index contributed by atoms with van der Waals surface area (Å²) in [6, 6.07) is 76.9. The molecule has 0 fully saturated rings. The maximum Gasteiger partial charge on any atom is 0.0633 e. The van der Waals surface area contributed by atoms with E-state index in [1.807, 2.05) is 0 Å². The number of nitrogens with zero attached hydrogens (tertiary/aromatic N) is 2. The molecular weight excluding hydrogens is 725 g/mol. The number of rotatable bonds is 2. The van der Waals surface area contributed by atoms with Gasteiger partial charge in [0.15, 0.2) is 0 Å². The van der Waals surface area contributed by atoms with Gasteiger partial charge in [0.25, 0.3) is 0 Å². The second-order valence-corrected chi connectivity index (χ2v) is 16.4. The van der Waals surface area contributed by atoms with Gasteiger partial charge in [-0.3, -0.25) is 0 Å². The van der Waals surface area contributed by atoms with Crippen molar-refractivity contribution in [1.29, 1.82) is 0 Å². The third-order valence-electron chi connectivity index (χ3n) is 13.4. The standard InChI is InChI=1S/C58H34N2/c1-3-15-41-35(13-1)25-27-37-33-39(29-31-43(37)41)59-51-23-11-9-21-49(51)53-45-17-5-8-20-48(45)56-55(57(53)59)47-19-7-6-18-46(47)54-50-22-10-12-24-52(50)60(58(54)56)40-30-32-44-38(34-40)28-26-36-14-2-4-16-42(36)44/h1-34H. The molecule has 0 amide bonds. The Morgan fingerprint density at radius 2 is 0.533 bits per heavy atom. The lowest BCUT2D eigenvalue weighted by atomic mass is 9.90. The van der Waals surface area contributed by atoms with Crippen LogP contribution in [0.25, 0.3) is 130 Å². The number of fused-ring (bicyclic) bond motifs is 21. The van der Waals surface area contributed by atoms with Crippen LogP contribution >= 0.6 is 0 Å². The first-order valence-electron chi connectivity index (χ1n) is 20.9. The Kier molecular flexibility index (Phi) is 6.32. The van der Waals surface area contributed by atoms with Crippen molar-refractivity contribution in [3.05, 3.63) is 206 Å². The van der Waals surface area contributed by atoms with Gasteiger partial charge in [0, 0.05) is 43.7 Å². The van der Waals surface area contributed by atoms with Gasteiger partial charge in [-0.25, -0.2) is 0 Å². The average molecular weight is 759 g/mol. The molecule has 0 radical (unpaired) electrons. The highest BCUT2D eigenvalue weighted by atomic mass is 15.0. The quantitative estimate of drug-likeness (QED) is 0.155. The van der Waals surface area contributed by atoms with Gasteiger partial charge in [-0.05, 0) is 101 Å². The molecule has 2 heteroatoms. The Balaban J connectivity index is 1.22. The van der Waals surface area contributed by atoms with Crippen molar-refractivity contribution in [3.63, 3.8) is 0 Å². The molecule has 14 rings (SSSR count). The van der Waals surface area contributed by atoms with Crippen molar-refractivity contribution < 1.29 is 0 Å². The molecular formula is C58H34N2. The Hall–Kier alpha value is -7.94. The molecule has 276 valence electrons. The van der Waals surface area contributed by atoms with Gasteiger partial charge < -0.3 is 9.13 Å². The monoisotopic (exact) mass is 758 g/mol. The molecule has 0 aliphatic rings. The van der Waals surface area contributed by atoms with E-state index in [0.29, 0.717) is 0 Å². The van der Waals surface area contributed by atoms with E-state index in [9.17, 15) is 0 Å². The minimum Gasteiger partial charge on any atom is -0.309 e. The summed E-state index contributed by atoms with van der Waals surface area (Å²) in [7, 11) is 0. The fraction of sp³-hybridized carbons (Fsp3) is 0. The van der Waals surface area contributed by atoms with Crippen LogP contribution < -0.4 is 0 Å². The van der Waals surface area contributed by atoms with Crippen LogP contribution in [0.2, 0.25) is 0 Å². The molecule has 12 aromatic carbocycles. The van der Waals surface area contributed by atoms with E-state index in [0.717, 1.165) is 11.4 Å². The third-order valence-corrected chi connectivity index (χ3v) is 13.4. The number of hydrogen-bond acceptors (Lipinski definition) is 0. The summed E-state index contributed by atoms with van der Waals surface area (Å²) < 4.78 is 5.11. The highest BCUT2D eigenvalue weighted by Gasteiger charge is 2.26. The van der Waals surface area contributed by atoms with Crippen molar-refractivity contribution >= 4 is 119 Å². The molecule has 2 nitrogen and oxygen atoms in total. The Bertz CT molecular complexity index is 3910. The minimum absolute atomic E-state index is 1.16. The largest absolute Gasteiger partial charge is 0.309 e. The van der Waals surface area contributed by atoms with Crippen LogP contribution in [-0.4, -0.2) is 9.13 Å².